The number of ether oxygens (including phenoxy) is 1. The topological polar surface area (TPSA) is 75.9 Å². The van der Waals surface area contributed by atoms with E-state index in [0.29, 0.717) is 32.5 Å². The van der Waals surface area contributed by atoms with Crippen LogP contribution in [0.25, 0.3) is 0 Å². The highest BCUT2D eigenvalue weighted by Gasteiger charge is 2.34. The average Bonchev–Trinajstić information content (AvgIpc) is 3.07. The van der Waals surface area contributed by atoms with Crippen molar-refractivity contribution in [1.82, 2.24) is 9.80 Å². The predicted octanol–water partition coefficient (Wildman–Crippen LogP) is 2.12. The molecule has 2 fully saturated rings. The molecule has 2 aliphatic rings. The Hall–Kier alpha value is -1.93. The van der Waals surface area contributed by atoms with Gasteiger partial charge in [-0.1, -0.05) is 12.1 Å². The SMILES string of the molecule is Cl.N[C@@H]1CCN(C(=O)C2CCCN(C(=O)c3ccccc3OC(F)F)C2)C1. The molecule has 9 heteroatoms. The van der Waals surface area contributed by atoms with E-state index in [4.69, 9.17) is 5.73 Å². The van der Waals surface area contributed by atoms with Crippen LogP contribution in [0.2, 0.25) is 0 Å². The molecule has 0 aliphatic carbocycles. The van der Waals surface area contributed by atoms with Crippen LogP contribution < -0.4 is 10.5 Å². The first-order valence-corrected chi connectivity index (χ1v) is 8.83. The van der Waals surface area contributed by atoms with E-state index in [0.717, 1.165) is 6.42 Å². The van der Waals surface area contributed by atoms with Gasteiger partial charge in [0.15, 0.2) is 0 Å². The number of nitrogens with zero attached hydrogens (tertiary/aromatic N) is 2. The minimum absolute atomic E-state index is 0. The molecule has 1 aromatic carbocycles. The zero-order chi connectivity index (χ0) is 18.7. The van der Waals surface area contributed by atoms with E-state index in [1.54, 1.807) is 15.9 Å². The summed E-state index contributed by atoms with van der Waals surface area (Å²) < 4.78 is 29.6. The number of carbonyl (C=O) groups excluding carboxylic acids is 2. The monoisotopic (exact) mass is 403 g/mol. The van der Waals surface area contributed by atoms with E-state index in [1.165, 1.54) is 18.2 Å². The van der Waals surface area contributed by atoms with E-state index >= 15 is 0 Å². The van der Waals surface area contributed by atoms with E-state index in [-0.39, 0.29) is 48.1 Å². The molecule has 2 aliphatic heterocycles. The summed E-state index contributed by atoms with van der Waals surface area (Å²) >= 11 is 0. The first-order valence-electron chi connectivity index (χ1n) is 8.83. The Morgan fingerprint density at radius 2 is 1.85 bits per heavy atom. The highest BCUT2D eigenvalue weighted by atomic mass is 35.5. The van der Waals surface area contributed by atoms with Crippen molar-refractivity contribution in [3.8, 4) is 5.75 Å². The third-order valence-electron chi connectivity index (χ3n) is 4.93. The molecule has 150 valence electrons. The second-order valence-corrected chi connectivity index (χ2v) is 6.80. The fourth-order valence-corrected chi connectivity index (χ4v) is 3.62. The standard InChI is InChI=1S/C18H23F2N3O3.ClH/c19-18(20)26-15-6-2-1-5-14(15)17(25)22-8-3-4-12(10-22)16(24)23-9-7-13(21)11-23;/h1-2,5-6,12-13,18H,3-4,7-11,21H2;1H/t12?,13-;/m1./s1. The summed E-state index contributed by atoms with van der Waals surface area (Å²) in [5, 5.41) is 0. The van der Waals surface area contributed by atoms with Crippen molar-refractivity contribution in [1.29, 1.82) is 0 Å². The van der Waals surface area contributed by atoms with Crippen LogP contribution in [-0.2, 0) is 4.79 Å². The third-order valence-corrected chi connectivity index (χ3v) is 4.93. The summed E-state index contributed by atoms with van der Waals surface area (Å²) in [4.78, 5) is 28.8. The second kappa shape index (κ2) is 9.32. The largest absolute Gasteiger partial charge is 0.434 e. The first-order chi connectivity index (χ1) is 12.5. The number of hydrogen-bond acceptors (Lipinski definition) is 4. The molecule has 0 bridgehead atoms. The molecular weight excluding hydrogens is 380 g/mol. The van der Waals surface area contributed by atoms with E-state index in [9.17, 15) is 18.4 Å². The maximum absolute atomic E-state index is 12.8. The number of likely N-dealkylation sites (tertiary alicyclic amines) is 2. The van der Waals surface area contributed by atoms with Gasteiger partial charge in [-0.2, -0.15) is 8.78 Å². The quantitative estimate of drug-likeness (QED) is 0.835. The van der Waals surface area contributed by atoms with Crippen LogP contribution in [0.4, 0.5) is 8.78 Å². The van der Waals surface area contributed by atoms with Gasteiger partial charge in [0.05, 0.1) is 11.5 Å². The summed E-state index contributed by atoms with van der Waals surface area (Å²) in [6.45, 7) is -1.03. The Labute approximate surface area is 163 Å². The summed E-state index contributed by atoms with van der Waals surface area (Å²) in [6.07, 6.45) is 2.20. The van der Waals surface area contributed by atoms with Gasteiger partial charge >= 0.3 is 6.61 Å². The maximum Gasteiger partial charge on any atom is 0.387 e. The number of nitrogens with two attached hydrogens (primary N) is 1. The van der Waals surface area contributed by atoms with E-state index < -0.39 is 12.5 Å². The van der Waals surface area contributed by atoms with Gasteiger partial charge in [-0.3, -0.25) is 9.59 Å². The molecule has 2 saturated heterocycles. The average molecular weight is 404 g/mol. The lowest BCUT2D eigenvalue weighted by atomic mass is 9.96. The fourth-order valence-electron chi connectivity index (χ4n) is 3.62. The molecule has 2 N–H and O–H groups in total. The van der Waals surface area contributed by atoms with Crippen molar-refractivity contribution in [2.24, 2.45) is 11.7 Å². The number of halogens is 3. The molecule has 2 amide bonds. The molecule has 0 radical (unpaired) electrons. The summed E-state index contributed by atoms with van der Waals surface area (Å²) in [7, 11) is 0. The maximum atomic E-state index is 12.8. The molecule has 6 nitrogen and oxygen atoms in total. The first kappa shape index (κ1) is 21.4. The lowest BCUT2D eigenvalue weighted by Crippen LogP contribution is -2.46. The van der Waals surface area contributed by atoms with Crippen molar-refractivity contribution >= 4 is 24.2 Å². The van der Waals surface area contributed by atoms with Gasteiger partial charge in [0.25, 0.3) is 5.91 Å². The number of amides is 2. The van der Waals surface area contributed by atoms with Crippen LogP contribution in [0.5, 0.6) is 5.75 Å². The Morgan fingerprint density at radius 1 is 1.11 bits per heavy atom. The van der Waals surface area contributed by atoms with Crippen molar-refractivity contribution in [2.75, 3.05) is 26.2 Å². The minimum Gasteiger partial charge on any atom is -0.434 e. The minimum atomic E-state index is -3.00. The number of rotatable bonds is 4. The molecule has 1 aromatic rings. The van der Waals surface area contributed by atoms with Crippen LogP contribution in [0, 0.1) is 5.92 Å². The Morgan fingerprint density at radius 3 is 2.52 bits per heavy atom. The van der Waals surface area contributed by atoms with Gasteiger partial charge in [-0.15, -0.1) is 12.4 Å². The molecule has 3 rings (SSSR count). The Balaban J connectivity index is 0.00000261. The van der Waals surface area contributed by atoms with Gasteiger partial charge < -0.3 is 20.3 Å². The number of carbonyl (C=O) groups is 2. The fraction of sp³-hybridized carbons (Fsp3) is 0.556. The lowest BCUT2D eigenvalue weighted by molar-refractivity contribution is -0.135. The molecule has 0 spiro atoms. The highest BCUT2D eigenvalue weighted by molar-refractivity contribution is 5.97. The zero-order valence-corrected chi connectivity index (χ0v) is 15.7. The van der Waals surface area contributed by atoms with Crippen LogP contribution in [0.3, 0.4) is 0 Å². The van der Waals surface area contributed by atoms with Crippen LogP contribution in [0.15, 0.2) is 24.3 Å². The summed E-state index contributed by atoms with van der Waals surface area (Å²) in [5.74, 6) is -0.794. The molecular formula is C18H24ClF2N3O3. The van der Waals surface area contributed by atoms with Gasteiger partial charge in [-0.25, -0.2) is 0 Å². The predicted molar refractivity (Wildman–Crippen MR) is 98.1 cm³/mol. The number of piperidine rings is 1. The Bertz CT molecular complexity index is 677. The van der Waals surface area contributed by atoms with Gasteiger partial charge in [-0.05, 0) is 31.4 Å². The summed E-state index contributed by atoms with van der Waals surface area (Å²) in [5.41, 5.74) is 5.95. The van der Waals surface area contributed by atoms with Crippen molar-refractivity contribution < 1.29 is 23.1 Å². The van der Waals surface area contributed by atoms with E-state index in [2.05, 4.69) is 4.74 Å². The van der Waals surface area contributed by atoms with Crippen LogP contribution >= 0.6 is 12.4 Å². The Kier molecular flexibility index (Phi) is 7.38. The number of hydrogen-bond donors (Lipinski definition) is 1. The second-order valence-electron chi connectivity index (χ2n) is 6.80. The normalized spacial score (nSPS) is 22.5. The molecule has 0 aromatic heterocycles. The molecule has 27 heavy (non-hydrogen) atoms. The number of alkyl halides is 2. The smallest absolute Gasteiger partial charge is 0.387 e. The van der Waals surface area contributed by atoms with Gasteiger partial charge in [0.1, 0.15) is 5.75 Å². The van der Waals surface area contributed by atoms with Gasteiger partial charge in [0, 0.05) is 32.2 Å². The van der Waals surface area contributed by atoms with Gasteiger partial charge in [0.2, 0.25) is 5.91 Å². The molecule has 2 atom stereocenters. The van der Waals surface area contributed by atoms with E-state index in [1.807, 2.05) is 0 Å². The van der Waals surface area contributed by atoms with Crippen molar-refractivity contribution in [3.63, 3.8) is 0 Å². The summed E-state index contributed by atoms with van der Waals surface area (Å²) in [6, 6.07) is 5.96. The third kappa shape index (κ3) is 5.07. The molecule has 0 saturated carbocycles. The van der Waals surface area contributed by atoms with Crippen LogP contribution in [0.1, 0.15) is 29.6 Å². The lowest BCUT2D eigenvalue weighted by Gasteiger charge is -2.34. The molecule has 1 unspecified atom stereocenters. The number of benzene rings is 1. The number of para-hydroxylation sites is 1. The zero-order valence-electron chi connectivity index (χ0n) is 14.9. The molecule has 2 heterocycles. The van der Waals surface area contributed by atoms with Crippen LogP contribution in [-0.4, -0.2) is 60.4 Å². The highest BCUT2D eigenvalue weighted by Crippen LogP contribution is 2.26. The van der Waals surface area contributed by atoms with Crippen molar-refractivity contribution in [3.05, 3.63) is 29.8 Å². The van der Waals surface area contributed by atoms with Crippen molar-refractivity contribution in [2.45, 2.75) is 31.9 Å².